The molecular formula is C28H28N2O5. The molecule has 3 aromatic rings. The van der Waals surface area contributed by atoms with Gasteiger partial charge in [0.2, 0.25) is 0 Å². The molecule has 180 valence electrons. The first kappa shape index (κ1) is 24.0. The average Bonchev–Trinajstić information content (AvgIpc) is 3.19. The highest BCUT2D eigenvalue weighted by Gasteiger charge is 2.39. The fourth-order valence-corrected chi connectivity index (χ4v) is 4.30. The number of benzene rings is 3. The van der Waals surface area contributed by atoms with Crippen molar-refractivity contribution in [2.75, 3.05) is 13.7 Å². The van der Waals surface area contributed by atoms with Gasteiger partial charge in [0, 0.05) is 13.0 Å². The molecule has 1 aliphatic carbocycles. The van der Waals surface area contributed by atoms with Gasteiger partial charge >= 0.3 is 12.1 Å². The number of likely N-dealkylation sites (N-methyl/N-ethyl adjacent to an activating group) is 1. The van der Waals surface area contributed by atoms with Gasteiger partial charge in [0.05, 0.1) is 0 Å². The summed E-state index contributed by atoms with van der Waals surface area (Å²) in [4.78, 5) is 39.0. The highest BCUT2D eigenvalue weighted by atomic mass is 16.5. The fourth-order valence-electron chi connectivity index (χ4n) is 4.30. The van der Waals surface area contributed by atoms with E-state index in [1.165, 1.54) is 20.9 Å². The maximum atomic E-state index is 13.3. The van der Waals surface area contributed by atoms with Gasteiger partial charge in [-0.15, -0.1) is 0 Å². The summed E-state index contributed by atoms with van der Waals surface area (Å²) in [6.45, 7) is 2.97. The summed E-state index contributed by atoms with van der Waals surface area (Å²) in [5.74, 6) is -1.83. The lowest BCUT2D eigenvalue weighted by atomic mass is 9.98. The third-order valence-corrected chi connectivity index (χ3v) is 6.68. The predicted octanol–water partition coefficient (Wildman–Crippen LogP) is 4.59. The van der Waals surface area contributed by atoms with E-state index < -0.39 is 29.6 Å². The number of alkyl carbamates (subject to hydrolysis) is 1. The molecule has 7 heteroatoms. The summed E-state index contributed by atoms with van der Waals surface area (Å²) in [5.41, 5.74) is 3.46. The molecule has 35 heavy (non-hydrogen) atoms. The van der Waals surface area contributed by atoms with E-state index in [4.69, 9.17) is 4.74 Å². The number of amides is 2. The zero-order chi connectivity index (χ0) is 25.2. The van der Waals surface area contributed by atoms with Crippen LogP contribution >= 0.6 is 0 Å². The van der Waals surface area contributed by atoms with Crippen LogP contribution in [0.2, 0.25) is 0 Å². The predicted molar refractivity (Wildman–Crippen MR) is 132 cm³/mol. The Kier molecular flexibility index (Phi) is 6.60. The smallest absolute Gasteiger partial charge is 0.408 e. The third kappa shape index (κ3) is 4.62. The van der Waals surface area contributed by atoms with E-state index >= 15 is 0 Å². The maximum Gasteiger partial charge on any atom is 0.408 e. The van der Waals surface area contributed by atoms with E-state index in [0.29, 0.717) is 5.56 Å². The van der Waals surface area contributed by atoms with Gasteiger partial charge in [0.15, 0.2) is 0 Å². The van der Waals surface area contributed by atoms with Gasteiger partial charge < -0.3 is 20.1 Å². The molecule has 3 aromatic carbocycles. The van der Waals surface area contributed by atoms with Crippen LogP contribution in [0.1, 0.15) is 42.5 Å². The summed E-state index contributed by atoms with van der Waals surface area (Å²) in [5, 5.41) is 12.2. The number of fused-ring (bicyclic) bond motifs is 3. The molecule has 4 rings (SSSR count). The number of nitrogens with zero attached hydrogens (tertiary/aromatic N) is 1. The van der Waals surface area contributed by atoms with Gasteiger partial charge in [0.25, 0.3) is 5.91 Å². The van der Waals surface area contributed by atoms with Crippen molar-refractivity contribution in [1.82, 2.24) is 10.2 Å². The van der Waals surface area contributed by atoms with Crippen LogP contribution in [-0.4, -0.2) is 47.2 Å². The van der Waals surface area contributed by atoms with Gasteiger partial charge in [0.1, 0.15) is 18.2 Å². The summed E-state index contributed by atoms with van der Waals surface area (Å²) >= 11 is 0. The number of carboxylic acids is 1. The summed E-state index contributed by atoms with van der Waals surface area (Å²) < 4.78 is 5.62. The van der Waals surface area contributed by atoms with E-state index in [1.54, 1.807) is 30.3 Å². The molecule has 2 amide bonds. The molecule has 2 N–H and O–H groups in total. The van der Waals surface area contributed by atoms with Crippen molar-refractivity contribution in [2.45, 2.75) is 31.3 Å². The number of nitrogens with one attached hydrogen (secondary N) is 1. The molecule has 0 spiro atoms. The summed E-state index contributed by atoms with van der Waals surface area (Å²) in [6, 6.07) is 23.6. The molecule has 0 radical (unpaired) electrons. The monoisotopic (exact) mass is 472 g/mol. The molecule has 0 saturated carbocycles. The van der Waals surface area contributed by atoms with Crippen molar-refractivity contribution in [3.63, 3.8) is 0 Å². The molecule has 1 aliphatic rings. The lowest BCUT2D eigenvalue weighted by Gasteiger charge is -2.34. The average molecular weight is 473 g/mol. The van der Waals surface area contributed by atoms with Crippen LogP contribution in [0.4, 0.5) is 4.79 Å². The first-order valence-corrected chi connectivity index (χ1v) is 11.4. The number of carbonyl (C=O) groups excluding carboxylic acids is 2. The number of aliphatic carboxylic acids is 1. The number of ether oxygens (including phenoxy) is 1. The Labute approximate surface area is 204 Å². The van der Waals surface area contributed by atoms with E-state index in [-0.39, 0.29) is 12.5 Å². The number of hydrogen-bond acceptors (Lipinski definition) is 4. The zero-order valence-electron chi connectivity index (χ0n) is 19.9. The maximum absolute atomic E-state index is 13.3. The SMILES string of the molecule is CN(C(=O)[C@H](NC(=O)OCC1c2ccccc2-c2ccccc21)c1ccccc1)C(C)(C)C(=O)O. The third-order valence-electron chi connectivity index (χ3n) is 6.68. The van der Waals surface area contributed by atoms with Crippen molar-refractivity contribution >= 4 is 18.0 Å². The van der Waals surface area contributed by atoms with Crippen molar-refractivity contribution in [3.05, 3.63) is 95.6 Å². The Balaban J connectivity index is 1.53. The minimum Gasteiger partial charge on any atom is -0.480 e. The molecule has 1 atom stereocenters. The zero-order valence-corrected chi connectivity index (χ0v) is 19.9. The van der Waals surface area contributed by atoms with Gasteiger partial charge in [-0.3, -0.25) is 4.79 Å². The molecule has 0 bridgehead atoms. The number of carbonyl (C=O) groups is 3. The molecule has 0 heterocycles. The van der Waals surface area contributed by atoms with Crippen molar-refractivity contribution < 1.29 is 24.2 Å². The molecule has 0 aliphatic heterocycles. The van der Waals surface area contributed by atoms with Gasteiger partial charge in [-0.25, -0.2) is 9.59 Å². The minimum atomic E-state index is -1.47. The molecule has 0 fully saturated rings. The molecular weight excluding hydrogens is 444 g/mol. The van der Waals surface area contributed by atoms with Crippen LogP contribution in [0, 0.1) is 0 Å². The van der Waals surface area contributed by atoms with E-state index in [0.717, 1.165) is 27.2 Å². The van der Waals surface area contributed by atoms with E-state index in [1.807, 2.05) is 36.4 Å². The van der Waals surface area contributed by atoms with Crippen LogP contribution < -0.4 is 5.32 Å². The molecule has 7 nitrogen and oxygen atoms in total. The second-order valence-corrected chi connectivity index (χ2v) is 9.08. The Hall–Kier alpha value is -4.13. The lowest BCUT2D eigenvalue weighted by molar-refractivity contribution is -0.156. The molecule has 0 saturated heterocycles. The topological polar surface area (TPSA) is 95.9 Å². The van der Waals surface area contributed by atoms with E-state index in [2.05, 4.69) is 17.4 Å². The normalized spacial score (nSPS) is 13.3. The number of hydrogen-bond donors (Lipinski definition) is 2. The van der Waals surface area contributed by atoms with Crippen LogP contribution in [0.15, 0.2) is 78.9 Å². The second kappa shape index (κ2) is 9.62. The van der Waals surface area contributed by atoms with Crippen LogP contribution in [0.3, 0.4) is 0 Å². The fraction of sp³-hybridized carbons (Fsp3) is 0.250. The van der Waals surface area contributed by atoms with Crippen molar-refractivity contribution in [1.29, 1.82) is 0 Å². The standard InChI is InChI=1S/C28H28N2O5/c1-28(2,26(32)33)30(3)25(31)24(18-11-5-4-6-12-18)29-27(34)35-17-23-21-15-9-7-13-19(21)20-14-8-10-16-22(20)23/h4-16,23-24H,17H2,1-3H3,(H,29,34)(H,32,33)/t24-/m1/s1. The Morgan fingerprint density at radius 1 is 0.914 bits per heavy atom. The minimum absolute atomic E-state index is 0.103. The van der Waals surface area contributed by atoms with Crippen LogP contribution in [-0.2, 0) is 14.3 Å². The number of rotatable bonds is 7. The second-order valence-electron chi connectivity index (χ2n) is 9.08. The van der Waals surface area contributed by atoms with Crippen molar-refractivity contribution in [2.24, 2.45) is 0 Å². The highest BCUT2D eigenvalue weighted by molar-refractivity contribution is 5.91. The van der Waals surface area contributed by atoms with Gasteiger partial charge in [-0.2, -0.15) is 0 Å². The van der Waals surface area contributed by atoms with Crippen molar-refractivity contribution in [3.8, 4) is 11.1 Å². The number of carboxylic acid groups (broad SMARTS) is 1. The molecule has 0 aromatic heterocycles. The first-order valence-electron chi connectivity index (χ1n) is 11.4. The van der Waals surface area contributed by atoms with Gasteiger partial charge in [-0.1, -0.05) is 78.9 Å². The Bertz CT molecular complexity index is 1210. The lowest BCUT2D eigenvalue weighted by Crippen LogP contribution is -2.54. The Morgan fingerprint density at radius 3 is 1.97 bits per heavy atom. The summed E-state index contributed by atoms with van der Waals surface area (Å²) in [7, 11) is 1.41. The molecule has 0 unspecified atom stereocenters. The van der Waals surface area contributed by atoms with Gasteiger partial charge in [-0.05, 0) is 41.7 Å². The Morgan fingerprint density at radius 2 is 1.43 bits per heavy atom. The quantitative estimate of drug-likeness (QED) is 0.524. The summed E-state index contributed by atoms with van der Waals surface area (Å²) in [6.07, 6.45) is -0.754. The van der Waals surface area contributed by atoms with Crippen LogP contribution in [0.25, 0.3) is 11.1 Å². The largest absolute Gasteiger partial charge is 0.480 e. The van der Waals surface area contributed by atoms with E-state index in [9.17, 15) is 19.5 Å². The first-order chi connectivity index (χ1) is 16.7. The highest BCUT2D eigenvalue weighted by Crippen LogP contribution is 2.44. The van der Waals surface area contributed by atoms with Crippen LogP contribution in [0.5, 0.6) is 0 Å².